The van der Waals surface area contributed by atoms with Crippen LogP contribution in [0, 0.1) is 0 Å². The lowest BCUT2D eigenvalue weighted by atomic mass is 10.1. The van der Waals surface area contributed by atoms with E-state index in [0.717, 1.165) is 65.0 Å². The van der Waals surface area contributed by atoms with Crippen LogP contribution in [0.25, 0.3) is 0 Å². The van der Waals surface area contributed by atoms with E-state index in [-0.39, 0.29) is 0 Å². The minimum absolute atomic E-state index is 0.333. The van der Waals surface area contributed by atoms with Crippen molar-refractivity contribution in [3.8, 4) is 0 Å². The maximum absolute atomic E-state index is 5.55. The summed E-state index contributed by atoms with van der Waals surface area (Å²) in [6, 6.07) is 13.5. The van der Waals surface area contributed by atoms with Crippen LogP contribution in [0.2, 0.25) is 0 Å². The van der Waals surface area contributed by atoms with E-state index in [2.05, 4.69) is 81.1 Å². The van der Waals surface area contributed by atoms with E-state index in [0.29, 0.717) is 6.04 Å². The van der Waals surface area contributed by atoms with Crippen molar-refractivity contribution in [1.82, 2.24) is 20.4 Å². The van der Waals surface area contributed by atoms with Gasteiger partial charge in [-0.1, -0.05) is 44.2 Å². The summed E-state index contributed by atoms with van der Waals surface area (Å²) in [6.45, 7) is 12.7. The smallest absolute Gasteiger partial charge is 0.191 e. The molecule has 1 atom stereocenters. The van der Waals surface area contributed by atoms with Crippen LogP contribution in [0.3, 0.4) is 0 Å². The van der Waals surface area contributed by atoms with Gasteiger partial charge in [-0.3, -0.25) is 14.8 Å². The highest BCUT2D eigenvalue weighted by molar-refractivity contribution is 7.10. The first-order valence-corrected chi connectivity index (χ1v) is 12.2. The molecule has 1 aromatic carbocycles. The molecule has 6 nitrogen and oxygen atoms in total. The molecule has 1 saturated heterocycles. The lowest BCUT2D eigenvalue weighted by Crippen LogP contribution is -2.46. The molecule has 0 bridgehead atoms. The Morgan fingerprint density at radius 2 is 1.90 bits per heavy atom. The summed E-state index contributed by atoms with van der Waals surface area (Å²) in [5, 5.41) is 9.18. The molecule has 7 heteroatoms. The average molecular weight is 444 g/mol. The fourth-order valence-electron chi connectivity index (χ4n) is 3.92. The van der Waals surface area contributed by atoms with Crippen LogP contribution in [0.15, 0.2) is 46.8 Å². The first-order chi connectivity index (χ1) is 15.2. The number of rotatable bonds is 10. The number of morpholine rings is 1. The van der Waals surface area contributed by atoms with Crippen LogP contribution in [-0.4, -0.2) is 68.7 Å². The van der Waals surface area contributed by atoms with Gasteiger partial charge < -0.3 is 15.4 Å². The van der Waals surface area contributed by atoms with Gasteiger partial charge in [0.2, 0.25) is 0 Å². The Morgan fingerprint density at radius 3 is 2.58 bits per heavy atom. The lowest BCUT2D eigenvalue weighted by Gasteiger charge is -2.34. The molecule has 2 N–H and O–H groups in total. The van der Waals surface area contributed by atoms with Gasteiger partial charge in [-0.2, -0.15) is 0 Å². The standard InChI is InChI=1S/C24H37N5OS/c1-4-28(5-2)19-21-9-6-8-20(16-21)17-26-24(25-3)27-18-22(23-10-7-15-31-23)29-11-13-30-14-12-29/h6-10,15-16,22H,4-5,11-14,17-19H2,1-3H3,(H2,25,26,27). The van der Waals surface area contributed by atoms with Crippen LogP contribution in [0.4, 0.5) is 0 Å². The van der Waals surface area contributed by atoms with Crippen molar-refractivity contribution >= 4 is 17.3 Å². The number of benzene rings is 1. The highest BCUT2D eigenvalue weighted by atomic mass is 32.1. The molecule has 0 amide bonds. The molecule has 31 heavy (non-hydrogen) atoms. The van der Waals surface area contributed by atoms with Crippen molar-refractivity contribution in [3.63, 3.8) is 0 Å². The zero-order valence-electron chi connectivity index (χ0n) is 19.1. The Morgan fingerprint density at radius 1 is 1.13 bits per heavy atom. The van der Waals surface area contributed by atoms with Gasteiger partial charge in [-0.05, 0) is 35.7 Å². The number of nitrogens with zero attached hydrogens (tertiary/aromatic N) is 3. The molecular formula is C24H37N5OS. The van der Waals surface area contributed by atoms with Crippen molar-refractivity contribution in [3.05, 3.63) is 57.8 Å². The van der Waals surface area contributed by atoms with Crippen LogP contribution in [-0.2, 0) is 17.8 Å². The number of hydrogen-bond acceptors (Lipinski definition) is 5. The van der Waals surface area contributed by atoms with Gasteiger partial charge in [-0.25, -0.2) is 0 Å². The van der Waals surface area contributed by atoms with Gasteiger partial charge in [0, 0.05) is 44.6 Å². The number of guanidine groups is 1. The normalized spacial score (nSPS) is 16.5. The Bertz CT molecular complexity index is 785. The molecule has 0 aliphatic carbocycles. The summed E-state index contributed by atoms with van der Waals surface area (Å²) >= 11 is 1.82. The minimum atomic E-state index is 0.333. The van der Waals surface area contributed by atoms with Gasteiger partial charge in [-0.15, -0.1) is 11.3 Å². The molecule has 0 radical (unpaired) electrons. The van der Waals surface area contributed by atoms with Gasteiger partial charge in [0.1, 0.15) is 0 Å². The zero-order valence-corrected chi connectivity index (χ0v) is 20.0. The van der Waals surface area contributed by atoms with E-state index >= 15 is 0 Å². The third kappa shape index (κ3) is 7.31. The molecule has 1 aliphatic rings. The first kappa shape index (κ1) is 23.7. The van der Waals surface area contributed by atoms with Crippen LogP contribution >= 0.6 is 11.3 Å². The lowest BCUT2D eigenvalue weighted by molar-refractivity contribution is 0.0177. The van der Waals surface area contributed by atoms with Gasteiger partial charge in [0.15, 0.2) is 5.96 Å². The highest BCUT2D eigenvalue weighted by Gasteiger charge is 2.23. The maximum atomic E-state index is 5.55. The zero-order chi connectivity index (χ0) is 21.9. The molecule has 1 unspecified atom stereocenters. The van der Waals surface area contributed by atoms with Crippen molar-refractivity contribution < 1.29 is 4.74 Å². The van der Waals surface area contributed by atoms with E-state index < -0.39 is 0 Å². The quantitative estimate of drug-likeness (QED) is 0.436. The fourth-order valence-corrected chi connectivity index (χ4v) is 4.78. The molecule has 0 spiro atoms. The van der Waals surface area contributed by atoms with Crippen molar-refractivity contribution in [2.75, 3.05) is 53.0 Å². The molecule has 0 saturated carbocycles. The van der Waals surface area contributed by atoms with Crippen molar-refractivity contribution in [2.45, 2.75) is 33.0 Å². The Hall–Kier alpha value is -1.93. The summed E-state index contributed by atoms with van der Waals surface area (Å²) < 4.78 is 5.55. The Kier molecular flexibility index (Phi) is 9.81. The van der Waals surface area contributed by atoms with Crippen molar-refractivity contribution in [1.29, 1.82) is 0 Å². The largest absolute Gasteiger partial charge is 0.379 e. The SMILES string of the molecule is CCN(CC)Cc1cccc(CNC(=NC)NCC(c2cccs2)N2CCOCC2)c1. The number of ether oxygens (including phenoxy) is 1. The molecular weight excluding hydrogens is 406 g/mol. The number of hydrogen-bond donors (Lipinski definition) is 2. The average Bonchev–Trinajstić information content (AvgIpc) is 3.35. The third-order valence-corrected chi connectivity index (χ3v) is 6.77. The molecule has 1 aromatic heterocycles. The van der Waals surface area contributed by atoms with E-state index in [1.165, 1.54) is 16.0 Å². The second-order valence-corrected chi connectivity index (χ2v) is 8.75. The molecule has 2 heterocycles. The minimum Gasteiger partial charge on any atom is -0.379 e. The molecule has 1 fully saturated rings. The van der Waals surface area contributed by atoms with E-state index in [1.54, 1.807) is 0 Å². The second kappa shape index (κ2) is 12.8. The summed E-state index contributed by atoms with van der Waals surface area (Å²) in [7, 11) is 1.83. The van der Waals surface area contributed by atoms with Crippen LogP contribution in [0.1, 0.15) is 35.9 Å². The first-order valence-electron chi connectivity index (χ1n) is 11.3. The number of thiophene rings is 1. The van der Waals surface area contributed by atoms with E-state index in [1.807, 2.05) is 18.4 Å². The number of aliphatic imine (C=N–C) groups is 1. The summed E-state index contributed by atoms with van der Waals surface area (Å²) in [5.41, 5.74) is 2.63. The second-order valence-electron chi connectivity index (χ2n) is 7.77. The van der Waals surface area contributed by atoms with Gasteiger partial charge >= 0.3 is 0 Å². The summed E-state index contributed by atoms with van der Waals surface area (Å²) in [5.74, 6) is 0.837. The predicted molar refractivity (Wildman–Crippen MR) is 131 cm³/mol. The topological polar surface area (TPSA) is 52.1 Å². The van der Waals surface area contributed by atoms with E-state index in [9.17, 15) is 0 Å². The number of nitrogens with one attached hydrogen (secondary N) is 2. The molecule has 1 aliphatic heterocycles. The van der Waals surface area contributed by atoms with E-state index in [4.69, 9.17) is 4.74 Å². The monoisotopic (exact) mass is 443 g/mol. The summed E-state index contributed by atoms with van der Waals surface area (Å²) in [6.07, 6.45) is 0. The molecule has 2 aromatic rings. The molecule has 3 rings (SSSR count). The fraction of sp³-hybridized carbons (Fsp3) is 0.542. The molecule has 170 valence electrons. The van der Waals surface area contributed by atoms with Crippen molar-refractivity contribution in [2.24, 2.45) is 4.99 Å². The summed E-state index contributed by atoms with van der Waals surface area (Å²) in [4.78, 5) is 10.8. The van der Waals surface area contributed by atoms with Crippen LogP contribution < -0.4 is 10.6 Å². The van der Waals surface area contributed by atoms with Gasteiger partial charge in [0.05, 0.1) is 19.3 Å². The third-order valence-electron chi connectivity index (χ3n) is 5.80. The van der Waals surface area contributed by atoms with Gasteiger partial charge in [0.25, 0.3) is 0 Å². The highest BCUT2D eigenvalue weighted by Crippen LogP contribution is 2.25. The maximum Gasteiger partial charge on any atom is 0.191 e. The Labute approximate surface area is 191 Å². The predicted octanol–water partition coefficient (Wildman–Crippen LogP) is 3.33. The Balaban J connectivity index is 1.55. The van der Waals surface area contributed by atoms with Crippen LogP contribution in [0.5, 0.6) is 0 Å².